The molecule has 4 rings (SSSR count). The van der Waals surface area contributed by atoms with Crippen LogP contribution in [0.5, 0.6) is 0 Å². The molecule has 0 fully saturated rings. The third-order valence-corrected chi connectivity index (χ3v) is 6.52. The van der Waals surface area contributed by atoms with E-state index < -0.39 is 17.6 Å². The molecule has 2 N–H and O–H groups in total. The van der Waals surface area contributed by atoms with E-state index in [1.54, 1.807) is 60.1 Å². The number of amides is 2. The van der Waals surface area contributed by atoms with Gasteiger partial charge in [-0.1, -0.05) is 41.6 Å². The quantitative estimate of drug-likeness (QED) is 0.272. The number of rotatable bonds is 7. The maximum atomic E-state index is 12.9. The normalized spacial score (nSPS) is 11.3. The highest BCUT2D eigenvalue weighted by Crippen LogP contribution is 2.34. The molecule has 1 aromatic heterocycles. The summed E-state index contributed by atoms with van der Waals surface area (Å²) in [6.45, 7) is 0. The molecule has 0 spiro atoms. The highest BCUT2D eigenvalue weighted by Gasteiger charge is 2.31. The van der Waals surface area contributed by atoms with Gasteiger partial charge in [0.2, 0.25) is 5.91 Å². The fourth-order valence-corrected chi connectivity index (χ4v) is 4.18. The lowest BCUT2D eigenvalue weighted by Crippen LogP contribution is -2.16. The summed E-state index contributed by atoms with van der Waals surface area (Å²) in [5, 5.41) is 13.9. The van der Waals surface area contributed by atoms with Crippen LogP contribution in [-0.4, -0.2) is 32.3 Å². The van der Waals surface area contributed by atoms with E-state index in [9.17, 15) is 22.8 Å². The predicted molar refractivity (Wildman–Crippen MR) is 137 cm³/mol. The first-order valence-electron chi connectivity index (χ1n) is 10.8. The number of alkyl halides is 3. The monoisotopic (exact) mass is 545 g/mol. The van der Waals surface area contributed by atoms with Gasteiger partial charge < -0.3 is 15.2 Å². The van der Waals surface area contributed by atoms with E-state index in [1.807, 2.05) is 6.07 Å². The highest BCUT2D eigenvalue weighted by molar-refractivity contribution is 7.99. The fourth-order valence-electron chi connectivity index (χ4n) is 3.30. The van der Waals surface area contributed by atoms with Gasteiger partial charge >= 0.3 is 6.18 Å². The number of carbonyl (C=O) groups is 2. The molecule has 0 aliphatic rings. The van der Waals surface area contributed by atoms with Crippen LogP contribution in [-0.2, 0) is 18.0 Å². The van der Waals surface area contributed by atoms with E-state index in [0.717, 1.165) is 35.5 Å². The maximum absolute atomic E-state index is 12.9. The van der Waals surface area contributed by atoms with Crippen molar-refractivity contribution in [2.24, 2.45) is 7.05 Å². The first-order chi connectivity index (χ1) is 17.6. The summed E-state index contributed by atoms with van der Waals surface area (Å²) in [4.78, 5) is 24.7. The van der Waals surface area contributed by atoms with Gasteiger partial charge in [0.25, 0.3) is 5.91 Å². The van der Waals surface area contributed by atoms with Gasteiger partial charge in [0.1, 0.15) is 0 Å². The van der Waals surface area contributed by atoms with Crippen LogP contribution in [0, 0.1) is 0 Å². The zero-order valence-electron chi connectivity index (χ0n) is 19.2. The summed E-state index contributed by atoms with van der Waals surface area (Å²) in [6, 6.07) is 18.6. The average Bonchev–Trinajstić information content (AvgIpc) is 3.24. The molecule has 0 unspecified atom stereocenters. The molecule has 2 amide bonds. The predicted octanol–water partition coefficient (Wildman–Crippen LogP) is 6.14. The summed E-state index contributed by atoms with van der Waals surface area (Å²) < 4.78 is 40.5. The second-order valence-electron chi connectivity index (χ2n) is 7.79. The van der Waals surface area contributed by atoms with E-state index in [2.05, 4.69) is 20.8 Å². The van der Waals surface area contributed by atoms with Gasteiger partial charge in [-0.2, -0.15) is 13.2 Å². The second-order valence-corrected chi connectivity index (χ2v) is 9.14. The molecular weight excluding hydrogens is 527 g/mol. The number of hydrogen-bond donors (Lipinski definition) is 2. The second kappa shape index (κ2) is 11.1. The number of nitrogens with one attached hydrogen (secondary N) is 2. The minimum Gasteiger partial charge on any atom is -0.324 e. The van der Waals surface area contributed by atoms with E-state index in [-0.39, 0.29) is 22.4 Å². The van der Waals surface area contributed by atoms with Crippen LogP contribution in [0.4, 0.5) is 24.5 Å². The smallest absolute Gasteiger partial charge is 0.324 e. The van der Waals surface area contributed by atoms with E-state index in [1.165, 1.54) is 0 Å². The first kappa shape index (κ1) is 26.2. The Kier molecular flexibility index (Phi) is 7.84. The van der Waals surface area contributed by atoms with Crippen LogP contribution in [0.3, 0.4) is 0 Å². The Morgan fingerprint density at radius 1 is 0.973 bits per heavy atom. The summed E-state index contributed by atoms with van der Waals surface area (Å²) in [5.41, 5.74) is 0.851. The molecule has 7 nitrogen and oxygen atoms in total. The minimum absolute atomic E-state index is 0.00398. The van der Waals surface area contributed by atoms with Crippen molar-refractivity contribution in [2.75, 3.05) is 16.4 Å². The standard InChI is InChI=1S/C25H19ClF3N5O2S/c1-34-22(15-7-10-18(11-8-15)30-23(36)16-5-3-2-4-6-16)32-33-24(34)37-14-21(35)31-20-13-17(25(27,28)29)9-12-19(20)26/h2-13H,14H2,1H3,(H,30,36)(H,31,35). The number of nitrogens with zero attached hydrogens (tertiary/aromatic N) is 3. The number of anilines is 2. The number of hydrogen-bond acceptors (Lipinski definition) is 5. The van der Waals surface area contributed by atoms with Gasteiger partial charge in [-0.25, -0.2) is 0 Å². The lowest BCUT2D eigenvalue weighted by molar-refractivity contribution is -0.137. The van der Waals surface area contributed by atoms with Crippen molar-refractivity contribution in [3.63, 3.8) is 0 Å². The van der Waals surface area contributed by atoms with Gasteiger partial charge in [-0.05, 0) is 54.6 Å². The SMILES string of the molecule is Cn1c(SCC(=O)Nc2cc(C(F)(F)F)ccc2Cl)nnc1-c1ccc(NC(=O)c2ccccc2)cc1. The van der Waals surface area contributed by atoms with Crippen molar-refractivity contribution in [1.29, 1.82) is 0 Å². The van der Waals surface area contributed by atoms with Crippen molar-refractivity contribution < 1.29 is 22.8 Å². The van der Waals surface area contributed by atoms with Crippen molar-refractivity contribution in [3.8, 4) is 11.4 Å². The van der Waals surface area contributed by atoms with Crippen LogP contribution >= 0.6 is 23.4 Å². The van der Waals surface area contributed by atoms with Crippen molar-refractivity contribution >= 4 is 46.6 Å². The van der Waals surface area contributed by atoms with Gasteiger partial charge in [0.05, 0.1) is 22.0 Å². The Morgan fingerprint density at radius 2 is 1.68 bits per heavy atom. The topological polar surface area (TPSA) is 88.9 Å². The molecule has 0 atom stereocenters. The maximum Gasteiger partial charge on any atom is 0.416 e. The minimum atomic E-state index is -4.56. The molecule has 0 aliphatic carbocycles. The molecule has 12 heteroatoms. The average molecular weight is 546 g/mol. The Hall–Kier alpha value is -3.83. The van der Waals surface area contributed by atoms with Gasteiger partial charge in [0.15, 0.2) is 11.0 Å². The lowest BCUT2D eigenvalue weighted by atomic mass is 10.1. The molecule has 190 valence electrons. The molecule has 0 aliphatic heterocycles. The van der Waals surface area contributed by atoms with Crippen molar-refractivity contribution in [3.05, 3.63) is 88.9 Å². The Balaban J connectivity index is 1.37. The van der Waals surface area contributed by atoms with E-state index in [4.69, 9.17) is 11.6 Å². The molecule has 3 aromatic carbocycles. The molecule has 0 saturated carbocycles. The third kappa shape index (κ3) is 6.49. The zero-order valence-corrected chi connectivity index (χ0v) is 20.8. The largest absolute Gasteiger partial charge is 0.416 e. The van der Waals surface area contributed by atoms with Gasteiger partial charge in [-0.15, -0.1) is 10.2 Å². The number of benzene rings is 3. The fraction of sp³-hybridized carbons (Fsp3) is 0.120. The molecule has 1 heterocycles. The molecule has 0 saturated heterocycles. The Labute approximate surface area is 219 Å². The number of thioether (sulfide) groups is 1. The van der Waals surface area contributed by atoms with Crippen LogP contribution < -0.4 is 10.6 Å². The summed E-state index contributed by atoms with van der Waals surface area (Å²) in [7, 11) is 1.73. The molecule has 0 bridgehead atoms. The lowest BCUT2D eigenvalue weighted by Gasteiger charge is -2.11. The molecule has 4 aromatic rings. The van der Waals surface area contributed by atoms with Crippen LogP contribution in [0.25, 0.3) is 11.4 Å². The Morgan fingerprint density at radius 3 is 2.35 bits per heavy atom. The Bertz CT molecular complexity index is 1430. The number of carbonyl (C=O) groups excluding carboxylic acids is 2. The third-order valence-electron chi connectivity index (χ3n) is 5.17. The van der Waals surface area contributed by atoms with E-state index in [0.29, 0.717) is 22.2 Å². The molecule has 0 radical (unpaired) electrons. The molecular formula is C25H19ClF3N5O2S. The summed E-state index contributed by atoms with van der Waals surface area (Å²) in [6.07, 6.45) is -4.56. The van der Waals surface area contributed by atoms with Crippen LogP contribution in [0.15, 0.2) is 78.0 Å². The number of aromatic nitrogens is 3. The van der Waals surface area contributed by atoms with Crippen LogP contribution in [0.2, 0.25) is 5.02 Å². The molecule has 37 heavy (non-hydrogen) atoms. The first-order valence-corrected chi connectivity index (χ1v) is 12.1. The highest BCUT2D eigenvalue weighted by atomic mass is 35.5. The van der Waals surface area contributed by atoms with E-state index >= 15 is 0 Å². The number of halogens is 4. The van der Waals surface area contributed by atoms with Gasteiger partial charge in [0, 0.05) is 23.9 Å². The van der Waals surface area contributed by atoms with Gasteiger partial charge in [-0.3, -0.25) is 9.59 Å². The van der Waals surface area contributed by atoms with Crippen molar-refractivity contribution in [2.45, 2.75) is 11.3 Å². The summed E-state index contributed by atoms with van der Waals surface area (Å²) in [5.74, 6) is -0.363. The summed E-state index contributed by atoms with van der Waals surface area (Å²) >= 11 is 7.01. The zero-order chi connectivity index (χ0) is 26.6. The van der Waals surface area contributed by atoms with Crippen molar-refractivity contribution in [1.82, 2.24) is 14.8 Å². The van der Waals surface area contributed by atoms with Crippen LogP contribution in [0.1, 0.15) is 15.9 Å².